The monoisotopic (exact) mass is 447 g/mol. The predicted molar refractivity (Wildman–Crippen MR) is 118 cm³/mol. The number of anilines is 1. The van der Waals surface area contributed by atoms with Crippen molar-refractivity contribution in [3.63, 3.8) is 0 Å². The Bertz CT molecular complexity index is 950. The summed E-state index contributed by atoms with van der Waals surface area (Å²) in [6.07, 6.45) is 1.80. The molecule has 0 saturated heterocycles. The van der Waals surface area contributed by atoms with E-state index < -0.39 is 8.07 Å². The number of halogens is 1. The molecule has 7 heteroatoms. The van der Waals surface area contributed by atoms with Crippen LogP contribution in [0.3, 0.4) is 0 Å². The van der Waals surface area contributed by atoms with E-state index in [1.54, 1.807) is 13.3 Å². The number of aromatic nitrogens is 2. The number of methoxy groups -OCH3 is 1. The molecule has 0 aliphatic heterocycles. The molecule has 0 aliphatic rings. The van der Waals surface area contributed by atoms with Crippen molar-refractivity contribution < 1.29 is 9.47 Å². The summed E-state index contributed by atoms with van der Waals surface area (Å²) in [5.74, 6) is 0.771. The zero-order valence-corrected chi connectivity index (χ0v) is 18.8. The largest absolute Gasteiger partial charge is 0.496 e. The summed E-state index contributed by atoms with van der Waals surface area (Å²) in [6, 6.07) is 10.8. The second-order valence-corrected chi connectivity index (χ2v) is 14.1. The zero-order valence-electron chi connectivity index (χ0n) is 16.3. The van der Waals surface area contributed by atoms with Gasteiger partial charge in [0.2, 0.25) is 0 Å². The highest BCUT2D eigenvalue weighted by molar-refractivity contribution is 9.10. The third-order valence-corrected chi connectivity index (χ3v) is 6.99. The van der Waals surface area contributed by atoms with Gasteiger partial charge in [-0.15, -0.1) is 0 Å². The number of rotatable bonds is 7. The number of nitrogens with zero attached hydrogens (tertiary/aromatic N) is 2. The molecule has 3 rings (SSSR count). The van der Waals surface area contributed by atoms with Crippen molar-refractivity contribution >= 4 is 40.7 Å². The lowest BCUT2D eigenvalue weighted by molar-refractivity contribution is 0.0886. The molecular weight excluding hydrogens is 422 g/mol. The molecule has 144 valence electrons. The van der Waals surface area contributed by atoms with Crippen molar-refractivity contribution in [2.45, 2.75) is 32.4 Å². The third kappa shape index (κ3) is 4.36. The van der Waals surface area contributed by atoms with Crippen molar-refractivity contribution in [3.05, 3.63) is 41.1 Å². The van der Waals surface area contributed by atoms with E-state index in [-0.39, 0.29) is 0 Å². The minimum atomic E-state index is -1.12. The zero-order chi connectivity index (χ0) is 19.6. The number of nitrogen functional groups attached to an aromatic ring is 1. The van der Waals surface area contributed by atoms with Gasteiger partial charge in [-0.25, -0.2) is 4.98 Å². The molecule has 0 saturated carbocycles. The van der Waals surface area contributed by atoms with Crippen LogP contribution in [-0.2, 0) is 11.5 Å². The van der Waals surface area contributed by atoms with Crippen LogP contribution in [0.5, 0.6) is 5.75 Å². The fraction of sp³-hybridized carbons (Fsp3) is 0.350. The lowest BCUT2D eigenvalue weighted by atomic mass is 10.0. The number of nitrogens with two attached hydrogens (primary N) is 1. The van der Waals surface area contributed by atoms with Crippen molar-refractivity contribution in [3.8, 4) is 16.9 Å². The van der Waals surface area contributed by atoms with E-state index in [4.69, 9.17) is 15.2 Å². The molecular formula is C20H26BrN3O2Si. The minimum Gasteiger partial charge on any atom is -0.496 e. The Kier molecular flexibility index (Phi) is 5.93. The van der Waals surface area contributed by atoms with Crippen LogP contribution in [-0.4, -0.2) is 31.3 Å². The first kappa shape index (κ1) is 19.9. The molecule has 0 fully saturated rings. The van der Waals surface area contributed by atoms with Gasteiger partial charge in [0.25, 0.3) is 0 Å². The summed E-state index contributed by atoms with van der Waals surface area (Å²) in [6.45, 7) is 8.25. The van der Waals surface area contributed by atoms with Crippen LogP contribution >= 0.6 is 15.9 Å². The topological polar surface area (TPSA) is 62.3 Å². The Morgan fingerprint density at radius 2 is 2.00 bits per heavy atom. The molecule has 3 aromatic rings. The Hall–Kier alpha value is -1.83. The Morgan fingerprint density at radius 3 is 2.70 bits per heavy atom. The standard InChI is InChI=1S/C20H26BrN3O2Si/c1-25-17-8-7-14(22)12-16(17)18-15-6-5-9-23-20(15)24(19(18)21)13-26-10-11-27(2,3)4/h5-9,12H,10-11,13,22H2,1-4H3. The number of benzene rings is 1. The van der Waals surface area contributed by atoms with Gasteiger partial charge >= 0.3 is 0 Å². The second kappa shape index (κ2) is 8.04. The van der Waals surface area contributed by atoms with E-state index >= 15 is 0 Å². The molecule has 0 atom stereocenters. The molecule has 0 bridgehead atoms. The van der Waals surface area contributed by atoms with Crippen LogP contribution in [0.25, 0.3) is 22.2 Å². The number of pyridine rings is 1. The van der Waals surface area contributed by atoms with Gasteiger partial charge in [-0.05, 0) is 52.3 Å². The average Bonchev–Trinajstić information content (AvgIpc) is 2.89. The number of fused-ring (bicyclic) bond motifs is 1. The maximum absolute atomic E-state index is 6.05. The highest BCUT2D eigenvalue weighted by Crippen LogP contribution is 2.42. The molecule has 0 spiro atoms. The fourth-order valence-corrected chi connectivity index (χ4v) is 4.43. The molecule has 0 unspecified atom stereocenters. The van der Waals surface area contributed by atoms with E-state index in [1.165, 1.54) is 0 Å². The highest BCUT2D eigenvalue weighted by atomic mass is 79.9. The first-order valence-electron chi connectivity index (χ1n) is 8.96. The number of hydrogen-bond acceptors (Lipinski definition) is 4. The maximum atomic E-state index is 6.05. The van der Waals surface area contributed by atoms with E-state index in [9.17, 15) is 0 Å². The van der Waals surface area contributed by atoms with Gasteiger partial charge in [0, 0.05) is 43.1 Å². The Morgan fingerprint density at radius 1 is 1.22 bits per heavy atom. The van der Waals surface area contributed by atoms with Crippen LogP contribution in [0, 0.1) is 0 Å². The Balaban J connectivity index is 2.03. The molecule has 5 nitrogen and oxygen atoms in total. The molecule has 0 radical (unpaired) electrons. The number of ether oxygens (including phenoxy) is 2. The summed E-state index contributed by atoms with van der Waals surface area (Å²) >= 11 is 3.77. The summed E-state index contributed by atoms with van der Waals surface area (Å²) in [5, 5.41) is 1.03. The van der Waals surface area contributed by atoms with Crippen molar-refractivity contribution in [2.75, 3.05) is 19.5 Å². The fourth-order valence-electron chi connectivity index (χ4n) is 2.98. The lowest BCUT2D eigenvalue weighted by Crippen LogP contribution is -2.22. The number of hydrogen-bond donors (Lipinski definition) is 1. The van der Waals surface area contributed by atoms with E-state index in [0.717, 1.165) is 45.2 Å². The molecule has 27 heavy (non-hydrogen) atoms. The van der Waals surface area contributed by atoms with Crippen LogP contribution in [0.4, 0.5) is 5.69 Å². The maximum Gasteiger partial charge on any atom is 0.143 e. The smallest absolute Gasteiger partial charge is 0.143 e. The van der Waals surface area contributed by atoms with E-state index in [0.29, 0.717) is 12.4 Å². The van der Waals surface area contributed by atoms with Crippen molar-refractivity contribution in [1.82, 2.24) is 9.55 Å². The molecule has 0 amide bonds. The second-order valence-electron chi connectivity index (χ2n) is 7.78. The van der Waals surface area contributed by atoms with Gasteiger partial charge in [-0.1, -0.05) is 19.6 Å². The van der Waals surface area contributed by atoms with Crippen LogP contribution in [0.2, 0.25) is 25.7 Å². The summed E-state index contributed by atoms with van der Waals surface area (Å²) < 4.78 is 14.5. The van der Waals surface area contributed by atoms with Gasteiger partial charge in [0.1, 0.15) is 18.1 Å². The van der Waals surface area contributed by atoms with Gasteiger partial charge in [-0.3, -0.25) is 4.57 Å². The molecule has 1 aromatic carbocycles. The van der Waals surface area contributed by atoms with E-state index in [1.807, 2.05) is 24.3 Å². The first-order chi connectivity index (χ1) is 12.8. The van der Waals surface area contributed by atoms with Gasteiger partial charge < -0.3 is 15.2 Å². The van der Waals surface area contributed by atoms with Gasteiger partial charge in [-0.2, -0.15) is 0 Å². The van der Waals surface area contributed by atoms with Crippen LogP contribution < -0.4 is 10.5 Å². The summed E-state index contributed by atoms with van der Waals surface area (Å²) in [7, 11) is 0.546. The summed E-state index contributed by atoms with van der Waals surface area (Å²) in [5.41, 5.74) is 9.55. The average molecular weight is 448 g/mol. The normalized spacial score (nSPS) is 11.9. The van der Waals surface area contributed by atoms with Gasteiger partial charge in [0.15, 0.2) is 0 Å². The molecule has 2 aromatic heterocycles. The van der Waals surface area contributed by atoms with Crippen molar-refractivity contribution in [1.29, 1.82) is 0 Å². The SMILES string of the molecule is COc1ccc(N)cc1-c1c(Br)n(COCC[Si](C)(C)C)c2ncccc12. The van der Waals surface area contributed by atoms with Crippen LogP contribution in [0.15, 0.2) is 41.1 Å². The van der Waals surface area contributed by atoms with E-state index in [2.05, 4.69) is 51.2 Å². The lowest BCUT2D eigenvalue weighted by Gasteiger charge is -2.16. The van der Waals surface area contributed by atoms with Crippen LogP contribution in [0.1, 0.15) is 0 Å². The first-order valence-corrected chi connectivity index (χ1v) is 13.5. The molecule has 2 heterocycles. The summed E-state index contributed by atoms with van der Waals surface area (Å²) in [4.78, 5) is 4.58. The van der Waals surface area contributed by atoms with Gasteiger partial charge in [0.05, 0.1) is 11.7 Å². The third-order valence-electron chi connectivity index (χ3n) is 4.46. The molecule has 0 aliphatic carbocycles. The molecule has 2 N–H and O–H groups in total. The highest BCUT2D eigenvalue weighted by Gasteiger charge is 2.21. The Labute approximate surface area is 169 Å². The van der Waals surface area contributed by atoms with Crippen molar-refractivity contribution in [2.24, 2.45) is 0 Å². The quantitative estimate of drug-likeness (QED) is 0.300. The predicted octanol–water partition coefficient (Wildman–Crippen LogP) is 5.37. The minimum absolute atomic E-state index is 0.448.